The summed E-state index contributed by atoms with van der Waals surface area (Å²) < 4.78 is 5.03. The predicted octanol–water partition coefficient (Wildman–Crippen LogP) is 0.474. The van der Waals surface area contributed by atoms with E-state index >= 15 is 0 Å². The summed E-state index contributed by atoms with van der Waals surface area (Å²) in [6, 6.07) is 0. The molecule has 0 amide bonds. The van der Waals surface area contributed by atoms with Crippen LogP contribution in [-0.2, 0) is 9.57 Å². The summed E-state index contributed by atoms with van der Waals surface area (Å²) in [5.41, 5.74) is 5.37. The zero-order valence-electron chi connectivity index (χ0n) is 9.24. The molecule has 0 aliphatic carbocycles. The van der Waals surface area contributed by atoms with Crippen molar-refractivity contribution in [3.8, 4) is 0 Å². The molecule has 0 saturated carbocycles. The molecule has 1 rings (SSSR count). The maximum Gasteiger partial charge on any atom is 0.139 e. The molecule has 0 unspecified atom stereocenters. The highest BCUT2D eigenvalue weighted by atomic mass is 16.6. The molecule has 5 nitrogen and oxygen atoms in total. The van der Waals surface area contributed by atoms with Crippen LogP contribution in [0.3, 0.4) is 0 Å². The average molecular weight is 216 g/mol. The fraction of sp³-hybridized carbons (Fsp3) is 0.900. The number of amidine groups is 1. The Kier molecular flexibility index (Phi) is 4.84. The van der Waals surface area contributed by atoms with Crippen molar-refractivity contribution >= 4 is 5.84 Å². The highest BCUT2D eigenvalue weighted by Crippen LogP contribution is 2.26. The standard InChI is InChI=1S/C10H20N2O3/c1-2-3-4-9(11)12-15-8-10(5-13)6-14-7-10/h13H,2-8H2,1H3,(H2,11,12). The van der Waals surface area contributed by atoms with Gasteiger partial charge in [0.05, 0.1) is 25.2 Å². The Balaban J connectivity index is 2.18. The fourth-order valence-electron chi connectivity index (χ4n) is 1.27. The van der Waals surface area contributed by atoms with Crippen LogP contribution in [0, 0.1) is 5.41 Å². The molecule has 0 aromatic heterocycles. The largest absolute Gasteiger partial charge is 0.395 e. The zero-order chi connectivity index (χ0) is 11.1. The highest BCUT2D eigenvalue weighted by Gasteiger charge is 2.39. The molecule has 0 bridgehead atoms. The average Bonchev–Trinajstić information content (AvgIpc) is 2.19. The Morgan fingerprint density at radius 1 is 1.60 bits per heavy atom. The summed E-state index contributed by atoms with van der Waals surface area (Å²) in [7, 11) is 0. The number of aliphatic hydroxyl groups is 1. The van der Waals surface area contributed by atoms with Crippen LogP contribution in [0.2, 0.25) is 0 Å². The lowest BCUT2D eigenvalue weighted by Crippen LogP contribution is -2.48. The van der Waals surface area contributed by atoms with E-state index in [-0.39, 0.29) is 12.0 Å². The smallest absolute Gasteiger partial charge is 0.139 e. The van der Waals surface area contributed by atoms with E-state index in [1.807, 2.05) is 0 Å². The summed E-state index contributed by atoms with van der Waals surface area (Å²) in [4.78, 5) is 5.11. The summed E-state index contributed by atoms with van der Waals surface area (Å²) in [5.74, 6) is 0.519. The van der Waals surface area contributed by atoms with Gasteiger partial charge in [-0.05, 0) is 6.42 Å². The molecule has 1 heterocycles. The quantitative estimate of drug-likeness (QED) is 0.368. The molecule has 15 heavy (non-hydrogen) atoms. The Morgan fingerprint density at radius 3 is 2.80 bits per heavy atom. The van der Waals surface area contributed by atoms with Crippen molar-refractivity contribution in [1.29, 1.82) is 0 Å². The van der Waals surface area contributed by atoms with Gasteiger partial charge in [0.1, 0.15) is 12.4 Å². The molecular weight excluding hydrogens is 196 g/mol. The maximum absolute atomic E-state index is 9.10. The highest BCUT2D eigenvalue weighted by molar-refractivity contribution is 5.79. The van der Waals surface area contributed by atoms with Crippen LogP contribution >= 0.6 is 0 Å². The summed E-state index contributed by atoms with van der Waals surface area (Å²) >= 11 is 0. The summed E-state index contributed by atoms with van der Waals surface area (Å²) in [6.07, 6.45) is 2.87. The third kappa shape index (κ3) is 3.68. The Bertz CT molecular complexity index is 209. The number of nitrogens with zero attached hydrogens (tertiary/aromatic N) is 1. The van der Waals surface area contributed by atoms with Crippen molar-refractivity contribution in [2.24, 2.45) is 16.3 Å². The van der Waals surface area contributed by atoms with Gasteiger partial charge in [-0.25, -0.2) is 0 Å². The molecule has 1 aliphatic rings. The van der Waals surface area contributed by atoms with E-state index < -0.39 is 0 Å². The first-order valence-electron chi connectivity index (χ1n) is 5.35. The van der Waals surface area contributed by atoms with E-state index in [1.165, 1.54) is 0 Å². The van der Waals surface area contributed by atoms with Gasteiger partial charge in [0.25, 0.3) is 0 Å². The van der Waals surface area contributed by atoms with Gasteiger partial charge in [0, 0.05) is 6.42 Å². The van der Waals surface area contributed by atoms with Crippen molar-refractivity contribution in [2.75, 3.05) is 26.4 Å². The van der Waals surface area contributed by atoms with Crippen LogP contribution in [0.4, 0.5) is 0 Å². The Labute approximate surface area is 90.2 Å². The van der Waals surface area contributed by atoms with Gasteiger partial charge in [-0.15, -0.1) is 0 Å². The minimum Gasteiger partial charge on any atom is -0.395 e. The minimum atomic E-state index is -0.255. The number of unbranched alkanes of at least 4 members (excludes halogenated alkanes) is 1. The Hall–Kier alpha value is -0.810. The van der Waals surface area contributed by atoms with Crippen LogP contribution in [0.1, 0.15) is 26.2 Å². The number of hydrogen-bond acceptors (Lipinski definition) is 4. The number of aliphatic hydroxyl groups excluding tert-OH is 1. The van der Waals surface area contributed by atoms with E-state index in [0.29, 0.717) is 25.7 Å². The SMILES string of the molecule is CCCCC(N)=NOCC1(CO)COC1. The summed E-state index contributed by atoms with van der Waals surface area (Å²) in [6.45, 7) is 3.61. The van der Waals surface area contributed by atoms with E-state index in [4.69, 9.17) is 20.4 Å². The lowest BCUT2D eigenvalue weighted by molar-refractivity contribution is -0.168. The topological polar surface area (TPSA) is 77.1 Å². The molecule has 0 aromatic carbocycles. The third-order valence-electron chi connectivity index (χ3n) is 2.49. The lowest BCUT2D eigenvalue weighted by atomic mass is 9.88. The molecule has 0 atom stereocenters. The number of oxime groups is 1. The van der Waals surface area contributed by atoms with Crippen molar-refractivity contribution in [3.63, 3.8) is 0 Å². The van der Waals surface area contributed by atoms with Gasteiger partial charge in [-0.1, -0.05) is 18.5 Å². The summed E-state index contributed by atoms with van der Waals surface area (Å²) in [5, 5.41) is 12.9. The first-order valence-corrected chi connectivity index (χ1v) is 5.35. The van der Waals surface area contributed by atoms with Crippen LogP contribution in [-0.4, -0.2) is 37.4 Å². The second kappa shape index (κ2) is 5.92. The molecular formula is C10H20N2O3. The monoisotopic (exact) mass is 216 g/mol. The number of ether oxygens (including phenoxy) is 1. The predicted molar refractivity (Wildman–Crippen MR) is 57.4 cm³/mol. The van der Waals surface area contributed by atoms with Crippen LogP contribution < -0.4 is 5.73 Å². The van der Waals surface area contributed by atoms with Gasteiger partial charge >= 0.3 is 0 Å². The first-order chi connectivity index (χ1) is 7.22. The van der Waals surface area contributed by atoms with E-state index in [9.17, 15) is 0 Å². The molecule has 1 aliphatic heterocycles. The zero-order valence-corrected chi connectivity index (χ0v) is 9.24. The van der Waals surface area contributed by atoms with Crippen molar-refractivity contribution in [1.82, 2.24) is 0 Å². The van der Waals surface area contributed by atoms with Crippen molar-refractivity contribution < 1.29 is 14.7 Å². The first kappa shape index (κ1) is 12.3. The second-order valence-electron chi connectivity index (χ2n) is 4.11. The number of rotatable bonds is 7. The third-order valence-corrected chi connectivity index (χ3v) is 2.49. The van der Waals surface area contributed by atoms with Gasteiger partial charge in [0.15, 0.2) is 0 Å². The molecule has 0 aromatic rings. The van der Waals surface area contributed by atoms with Crippen LogP contribution in [0.25, 0.3) is 0 Å². The number of hydrogen-bond donors (Lipinski definition) is 2. The van der Waals surface area contributed by atoms with Gasteiger partial charge in [0.2, 0.25) is 0 Å². The fourth-order valence-corrected chi connectivity index (χ4v) is 1.27. The maximum atomic E-state index is 9.10. The van der Waals surface area contributed by atoms with E-state index in [1.54, 1.807) is 0 Å². The minimum absolute atomic E-state index is 0.0668. The lowest BCUT2D eigenvalue weighted by Gasteiger charge is -2.38. The molecule has 1 saturated heterocycles. The molecule has 0 spiro atoms. The molecule has 88 valence electrons. The molecule has 1 fully saturated rings. The molecule has 5 heteroatoms. The molecule has 0 radical (unpaired) electrons. The van der Waals surface area contributed by atoms with Gasteiger partial charge < -0.3 is 20.4 Å². The van der Waals surface area contributed by atoms with E-state index in [0.717, 1.165) is 19.3 Å². The van der Waals surface area contributed by atoms with E-state index in [2.05, 4.69) is 12.1 Å². The van der Waals surface area contributed by atoms with Gasteiger partial charge in [-0.3, -0.25) is 0 Å². The number of nitrogens with two attached hydrogens (primary N) is 1. The van der Waals surface area contributed by atoms with Crippen molar-refractivity contribution in [3.05, 3.63) is 0 Å². The second-order valence-corrected chi connectivity index (χ2v) is 4.11. The van der Waals surface area contributed by atoms with Crippen LogP contribution in [0.15, 0.2) is 5.16 Å². The van der Waals surface area contributed by atoms with Crippen LogP contribution in [0.5, 0.6) is 0 Å². The normalized spacial score (nSPS) is 19.7. The molecule has 3 N–H and O–H groups in total. The van der Waals surface area contributed by atoms with Crippen molar-refractivity contribution in [2.45, 2.75) is 26.2 Å². The van der Waals surface area contributed by atoms with Gasteiger partial charge in [-0.2, -0.15) is 0 Å². The Morgan fingerprint density at radius 2 is 2.33 bits per heavy atom.